The first kappa shape index (κ1) is 10.4. The third kappa shape index (κ3) is 1.97. The summed E-state index contributed by atoms with van der Waals surface area (Å²) in [6.07, 6.45) is 1.49. The number of alkyl halides is 1. The SMILES string of the molecule is Cc1ccc(-c2ocnc2CBr)c(C)c1. The minimum atomic E-state index is 0.714. The summed E-state index contributed by atoms with van der Waals surface area (Å²) in [4.78, 5) is 4.16. The van der Waals surface area contributed by atoms with Gasteiger partial charge in [-0.05, 0) is 19.4 Å². The van der Waals surface area contributed by atoms with Crippen LogP contribution in [-0.2, 0) is 5.33 Å². The van der Waals surface area contributed by atoms with E-state index in [-0.39, 0.29) is 0 Å². The van der Waals surface area contributed by atoms with Crippen LogP contribution in [0.4, 0.5) is 0 Å². The second-order valence-corrected chi connectivity index (χ2v) is 4.14. The van der Waals surface area contributed by atoms with Crippen molar-refractivity contribution in [2.45, 2.75) is 19.2 Å². The van der Waals surface area contributed by atoms with E-state index in [1.165, 1.54) is 17.5 Å². The average Bonchev–Trinajstić information content (AvgIpc) is 2.65. The second kappa shape index (κ2) is 4.19. The summed E-state index contributed by atoms with van der Waals surface area (Å²) in [5.74, 6) is 0.865. The molecule has 15 heavy (non-hydrogen) atoms. The zero-order valence-electron chi connectivity index (χ0n) is 8.75. The molecule has 2 nitrogen and oxygen atoms in total. The molecule has 0 N–H and O–H groups in total. The molecule has 0 saturated heterocycles. The van der Waals surface area contributed by atoms with Crippen LogP contribution in [0.1, 0.15) is 16.8 Å². The maximum Gasteiger partial charge on any atom is 0.181 e. The summed E-state index contributed by atoms with van der Waals surface area (Å²) in [5.41, 5.74) is 4.54. The number of aromatic nitrogens is 1. The lowest BCUT2D eigenvalue weighted by Crippen LogP contribution is -1.87. The first-order valence-electron chi connectivity index (χ1n) is 4.78. The summed E-state index contributed by atoms with van der Waals surface area (Å²) in [6.45, 7) is 4.17. The van der Waals surface area contributed by atoms with E-state index >= 15 is 0 Å². The van der Waals surface area contributed by atoms with Crippen LogP contribution in [-0.4, -0.2) is 4.98 Å². The predicted octanol–water partition coefficient (Wildman–Crippen LogP) is 3.85. The number of nitrogens with zero attached hydrogens (tertiary/aromatic N) is 1. The Morgan fingerprint density at radius 1 is 1.33 bits per heavy atom. The zero-order chi connectivity index (χ0) is 10.8. The van der Waals surface area contributed by atoms with Crippen LogP contribution in [0.2, 0.25) is 0 Å². The lowest BCUT2D eigenvalue weighted by Gasteiger charge is -2.04. The monoisotopic (exact) mass is 265 g/mol. The van der Waals surface area contributed by atoms with Crippen molar-refractivity contribution < 1.29 is 4.42 Å². The maximum absolute atomic E-state index is 5.42. The summed E-state index contributed by atoms with van der Waals surface area (Å²) < 4.78 is 5.42. The minimum Gasteiger partial charge on any atom is -0.443 e. The predicted molar refractivity (Wildman–Crippen MR) is 64.0 cm³/mol. The van der Waals surface area contributed by atoms with Crippen LogP contribution in [0, 0.1) is 13.8 Å². The Hall–Kier alpha value is -1.09. The Bertz CT molecular complexity index is 476. The van der Waals surface area contributed by atoms with Crippen molar-refractivity contribution in [1.82, 2.24) is 4.98 Å². The van der Waals surface area contributed by atoms with Gasteiger partial charge in [0, 0.05) is 10.9 Å². The average molecular weight is 266 g/mol. The van der Waals surface area contributed by atoms with E-state index in [9.17, 15) is 0 Å². The van der Waals surface area contributed by atoms with Crippen LogP contribution < -0.4 is 0 Å². The van der Waals surface area contributed by atoms with Gasteiger partial charge in [0.1, 0.15) is 0 Å². The molecule has 0 amide bonds. The molecule has 0 aliphatic heterocycles. The molecule has 0 saturated carbocycles. The quantitative estimate of drug-likeness (QED) is 0.771. The molecule has 1 aromatic heterocycles. The molecule has 78 valence electrons. The van der Waals surface area contributed by atoms with Crippen molar-refractivity contribution in [2.75, 3.05) is 0 Å². The molecule has 0 bridgehead atoms. The standard InChI is InChI=1S/C12H12BrNO/c1-8-3-4-10(9(2)5-8)12-11(6-13)14-7-15-12/h3-5,7H,6H2,1-2H3. The molecule has 0 aliphatic rings. The van der Waals surface area contributed by atoms with Gasteiger partial charge in [-0.25, -0.2) is 4.98 Å². The van der Waals surface area contributed by atoms with Crippen molar-refractivity contribution in [2.24, 2.45) is 0 Å². The third-order valence-electron chi connectivity index (χ3n) is 2.39. The van der Waals surface area contributed by atoms with Gasteiger partial charge < -0.3 is 4.42 Å². The van der Waals surface area contributed by atoms with E-state index < -0.39 is 0 Å². The smallest absolute Gasteiger partial charge is 0.181 e. The van der Waals surface area contributed by atoms with Crippen molar-refractivity contribution >= 4 is 15.9 Å². The van der Waals surface area contributed by atoms with Gasteiger partial charge in [-0.2, -0.15) is 0 Å². The van der Waals surface area contributed by atoms with E-state index in [0.29, 0.717) is 5.33 Å². The molecular formula is C12H12BrNO. The number of oxazole rings is 1. The Morgan fingerprint density at radius 3 is 2.80 bits per heavy atom. The number of rotatable bonds is 2. The van der Waals surface area contributed by atoms with Gasteiger partial charge in [-0.3, -0.25) is 0 Å². The highest BCUT2D eigenvalue weighted by Gasteiger charge is 2.11. The number of hydrogen-bond donors (Lipinski definition) is 0. The fourth-order valence-electron chi connectivity index (χ4n) is 1.65. The van der Waals surface area contributed by atoms with E-state index in [1.54, 1.807) is 0 Å². The van der Waals surface area contributed by atoms with Crippen LogP contribution >= 0.6 is 15.9 Å². The fourth-order valence-corrected chi connectivity index (χ4v) is 2.05. The molecule has 0 atom stereocenters. The Balaban J connectivity index is 2.54. The lowest BCUT2D eigenvalue weighted by molar-refractivity contribution is 0.571. The number of halogens is 1. The Labute approximate surface area is 97.5 Å². The number of benzene rings is 1. The molecule has 0 spiro atoms. The molecule has 0 unspecified atom stereocenters. The van der Waals surface area contributed by atoms with Gasteiger partial charge in [-0.1, -0.05) is 39.7 Å². The van der Waals surface area contributed by atoms with Gasteiger partial charge in [-0.15, -0.1) is 0 Å². The first-order valence-corrected chi connectivity index (χ1v) is 5.90. The lowest BCUT2D eigenvalue weighted by atomic mass is 10.0. The van der Waals surface area contributed by atoms with Gasteiger partial charge in [0.25, 0.3) is 0 Å². The van der Waals surface area contributed by atoms with Crippen LogP contribution in [0.3, 0.4) is 0 Å². The van der Waals surface area contributed by atoms with E-state index in [2.05, 4.69) is 53.0 Å². The topological polar surface area (TPSA) is 26.0 Å². The van der Waals surface area contributed by atoms with Crippen molar-refractivity contribution in [3.8, 4) is 11.3 Å². The molecule has 0 fully saturated rings. The number of hydrogen-bond acceptors (Lipinski definition) is 2. The normalized spacial score (nSPS) is 10.6. The molecule has 2 rings (SSSR count). The van der Waals surface area contributed by atoms with E-state index in [0.717, 1.165) is 17.0 Å². The minimum absolute atomic E-state index is 0.714. The molecule has 1 heterocycles. The van der Waals surface area contributed by atoms with Gasteiger partial charge in [0.05, 0.1) is 5.69 Å². The van der Waals surface area contributed by atoms with Crippen LogP contribution in [0.5, 0.6) is 0 Å². The van der Waals surface area contributed by atoms with Gasteiger partial charge in [0.2, 0.25) is 0 Å². The molecule has 0 radical (unpaired) electrons. The molecule has 2 aromatic rings. The summed E-state index contributed by atoms with van der Waals surface area (Å²) in [7, 11) is 0. The highest BCUT2D eigenvalue weighted by molar-refractivity contribution is 9.08. The van der Waals surface area contributed by atoms with E-state index in [1.807, 2.05) is 0 Å². The first-order chi connectivity index (χ1) is 7.22. The summed E-state index contributed by atoms with van der Waals surface area (Å²) >= 11 is 3.40. The second-order valence-electron chi connectivity index (χ2n) is 3.58. The number of aryl methyl sites for hydroxylation is 2. The van der Waals surface area contributed by atoms with Crippen LogP contribution in [0.15, 0.2) is 29.0 Å². The summed E-state index contributed by atoms with van der Waals surface area (Å²) in [5, 5.41) is 0.714. The highest BCUT2D eigenvalue weighted by Crippen LogP contribution is 2.28. The van der Waals surface area contributed by atoms with Crippen molar-refractivity contribution in [3.05, 3.63) is 41.4 Å². The van der Waals surface area contributed by atoms with Gasteiger partial charge in [0.15, 0.2) is 12.2 Å². The van der Waals surface area contributed by atoms with Gasteiger partial charge >= 0.3 is 0 Å². The Kier molecular flexibility index (Phi) is 2.91. The molecular weight excluding hydrogens is 254 g/mol. The largest absolute Gasteiger partial charge is 0.443 e. The molecule has 1 aromatic carbocycles. The molecule has 3 heteroatoms. The Morgan fingerprint density at radius 2 is 2.13 bits per heavy atom. The highest BCUT2D eigenvalue weighted by atomic mass is 79.9. The van der Waals surface area contributed by atoms with Crippen molar-refractivity contribution in [1.29, 1.82) is 0 Å². The zero-order valence-corrected chi connectivity index (χ0v) is 10.3. The maximum atomic E-state index is 5.42. The van der Waals surface area contributed by atoms with Crippen molar-refractivity contribution in [3.63, 3.8) is 0 Å². The summed E-state index contributed by atoms with van der Waals surface area (Å²) in [6, 6.07) is 6.32. The third-order valence-corrected chi connectivity index (χ3v) is 2.93. The fraction of sp³-hybridized carbons (Fsp3) is 0.250. The van der Waals surface area contributed by atoms with E-state index in [4.69, 9.17) is 4.42 Å². The molecule has 0 aliphatic carbocycles. The van der Waals surface area contributed by atoms with Crippen LogP contribution in [0.25, 0.3) is 11.3 Å².